The molecule has 0 aliphatic rings. The summed E-state index contributed by atoms with van der Waals surface area (Å²) < 4.78 is 0. The zero-order chi connectivity index (χ0) is 25.4. The van der Waals surface area contributed by atoms with Crippen molar-refractivity contribution in [2.75, 3.05) is 0 Å². The van der Waals surface area contributed by atoms with Crippen LogP contribution in [-0.4, -0.2) is 35.1 Å². The van der Waals surface area contributed by atoms with Crippen molar-refractivity contribution in [1.29, 1.82) is 0 Å². The van der Waals surface area contributed by atoms with Crippen molar-refractivity contribution in [3.8, 4) is 22.8 Å². The fourth-order valence-corrected chi connectivity index (χ4v) is 1.90. The molecule has 3 rings (SSSR count). The van der Waals surface area contributed by atoms with Gasteiger partial charge in [0.1, 0.15) is 5.69 Å². The number of hydrogen-bond acceptors (Lipinski definition) is 14. The molecular formula is C15H10N7O11Tb. The van der Waals surface area contributed by atoms with Crippen LogP contribution in [0.3, 0.4) is 0 Å². The molecule has 34 heavy (non-hydrogen) atoms. The van der Waals surface area contributed by atoms with Gasteiger partial charge in [-0.1, -0.05) is 12.1 Å². The Morgan fingerprint density at radius 3 is 1.32 bits per heavy atom. The SMILES string of the molecule is O=[N+]([O-])[O-].O=[N+]([O-])[O-].O=[N+]([O-])[O-].O=[N+]([O-])c1cccc(-c2cccc(-c3ccccn3)n2)n1.[Tb+3]. The first-order valence-corrected chi connectivity index (χ1v) is 7.88. The average Bonchev–Trinajstić information content (AvgIpc) is 2.73. The van der Waals surface area contributed by atoms with E-state index in [2.05, 4.69) is 15.0 Å². The summed E-state index contributed by atoms with van der Waals surface area (Å²) in [5, 5.41) is 55.0. The predicted octanol–water partition coefficient (Wildman–Crippen LogP) is 2.40. The van der Waals surface area contributed by atoms with E-state index in [0.717, 1.165) is 5.69 Å². The summed E-state index contributed by atoms with van der Waals surface area (Å²) in [4.78, 5) is 47.7. The maximum Gasteiger partial charge on any atom is 3.00 e. The quantitative estimate of drug-likeness (QED) is 0.299. The van der Waals surface area contributed by atoms with Crippen molar-refractivity contribution in [3.63, 3.8) is 0 Å². The van der Waals surface area contributed by atoms with Gasteiger partial charge >= 0.3 is 44.4 Å². The van der Waals surface area contributed by atoms with Crippen molar-refractivity contribution >= 4 is 5.82 Å². The van der Waals surface area contributed by atoms with Crippen LogP contribution in [0.4, 0.5) is 5.82 Å². The summed E-state index contributed by atoms with van der Waals surface area (Å²) in [6, 6.07) is 15.6. The maximum absolute atomic E-state index is 10.8. The van der Waals surface area contributed by atoms with Crippen molar-refractivity contribution < 1.29 is 58.8 Å². The van der Waals surface area contributed by atoms with Crippen LogP contribution in [-0.2, 0) is 0 Å². The molecule has 0 atom stereocenters. The van der Waals surface area contributed by atoms with Crippen LogP contribution in [0.15, 0.2) is 60.8 Å². The molecule has 3 aromatic rings. The third kappa shape index (κ3) is 15.5. The van der Waals surface area contributed by atoms with E-state index >= 15 is 0 Å². The molecule has 3 aromatic heterocycles. The predicted molar refractivity (Wildman–Crippen MR) is 108 cm³/mol. The Morgan fingerprint density at radius 1 is 0.529 bits per heavy atom. The van der Waals surface area contributed by atoms with E-state index in [9.17, 15) is 10.1 Å². The van der Waals surface area contributed by atoms with E-state index in [4.69, 9.17) is 46.0 Å². The van der Waals surface area contributed by atoms with Crippen molar-refractivity contribution in [3.05, 3.63) is 117 Å². The zero-order valence-electron chi connectivity index (χ0n) is 16.2. The minimum absolute atomic E-state index is 0. The van der Waals surface area contributed by atoms with Gasteiger partial charge in [0.25, 0.3) is 0 Å². The molecule has 0 amide bonds. The van der Waals surface area contributed by atoms with Gasteiger partial charge < -0.3 is 56.1 Å². The first-order valence-electron chi connectivity index (χ1n) is 7.88. The Kier molecular flexibility index (Phi) is 16.3. The van der Waals surface area contributed by atoms with E-state index in [1.807, 2.05) is 30.3 Å². The fourth-order valence-electron chi connectivity index (χ4n) is 1.90. The van der Waals surface area contributed by atoms with E-state index in [-0.39, 0.29) is 44.4 Å². The molecular weight excluding hydrogens is 613 g/mol. The summed E-state index contributed by atoms with van der Waals surface area (Å²) >= 11 is 0. The monoisotopic (exact) mass is 623 g/mol. The van der Waals surface area contributed by atoms with E-state index in [1.54, 1.807) is 24.4 Å². The molecule has 0 saturated heterocycles. The molecule has 0 aromatic carbocycles. The average molecular weight is 623 g/mol. The molecule has 19 heteroatoms. The van der Waals surface area contributed by atoms with Gasteiger partial charge in [0.05, 0.1) is 26.6 Å². The van der Waals surface area contributed by atoms with E-state index < -0.39 is 20.2 Å². The number of aromatic nitrogens is 3. The van der Waals surface area contributed by atoms with E-state index in [0.29, 0.717) is 17.1 Å². The molecule has 0 N–H and O–H groups in total. The smallest absolute Gasteiger partial charge is 0.358 e. The Morgan fingerprint density at radius 2 is 0.912 bits per heavy atom. The van der Waals surface area contributed by atoms with Crippen LogP contribution < -0.4 is 0 Å². The number of rotatable bonds is 3. The summed E-state index contributed by atoms with van der Waals surface area (Å²) in [5.74, 6) is -0.197. The van der Waals surface area contributed by atoms with Crippen LogP contribution in [0.25, 0.3) is 22.8 Å². The zero-order valence-corrected chi connectivity index (χ0v) is 18.4. The Bertz CT molecular complexity index is 1050. The van der Waals surface area contributed by atoms with Crippen LogP contribution in [0.5, 0.6) is 0 Å². The fraction of sp³-hybridized carbons (Fsp3) is 0. The molecule has 0 unspecified atom stereocenters. The third-order valence-electron chi connectivity index (χ3n) is 2.86. The standard InChI is InChI=1S/C15H10N4O2.3NO3.Tb/c20-19(21)15-9-4-8-14(18-15)13-7-3-6-12(17-13)11-5-1-2-10-16-11;3*2-1(3)4;/h1-10H;;;;/q;3*-1;+3. The van der Waals surface area contributed by atoms with Gasteiger partial charge in [-0.05, 0) is 46.3 Å². The molecule has 0 spiro atoms. The number of nitro groups is 1. The molecule has 0 fully saturated rings. The normalized spacial score (nSPS) is 8.47. The van der Waals surface area contributed by atoms with Gasteiger partial charge in [-0.15, -0.1) is 0 Å². The Balaban J connectivity index is 0. The molecule has 0 aliphatic carbocycles. The molecule has 18 nitrogen and oxygen atoms in total. The second-order valence-corrected chi connectivity index (χ2v) is 4.93. The Hall–Kier alpha value is -4.26. The van der Waals surface area contributed by atoms with Gasteiger partial charge in [-0.2, -0.15) is 0 Å². The number of hydrogen-bond donors (Lipinski definition) is 0. The summed E-state index contributed by atoms with van der Waals surface area (Å²) in [5.41, 5.74) is 2.47. The van der Waals surface area contributed by atoms with E-state index in [1.165, 1.54) is 6.07 Å². The summed E-state index contributed by atoms with van der Waals surface area (Å²) in [7, 11) is 0. The molecule has 0 saturated carbocycles. The van der Waals surface area contributed by atoms with Gasteiger partial charge in [-0.25, -0.2) is 4.98 Å². The van der Waals surface area contributed by atoms with Crippen LogP contribution in [0.1, 0.15) is 0 Å². The topological polar surface area (TPSA) is 280 Å². The molecule has 0 radical (unpaired) electrons. The molecule has 0 bridgehead atoms. The van der Waals surface area contributed by atoms with Gasteiger partial charge in [0, 0.05) is 12.3 Å². The largest absolute Gasteiger partial charge is 3.00 e. The van der Waals surface area contributed by atoms with Crippen LogP contribution in [0, 0.1) is 94.7 Å². The molecule has 0 aliphatic heterocycles. The summed E-state index contributed by atoms with van der Waals surface area (Å²) in [6.07, 6.45) is 1.69. The summed E-state index contributed by atoms with van der Waals surface area (Å²) in [6.45, 7) is 0. The molecule has 3 heterocycles. The van der Waals surface area contributed by atoms with Gasteiger partial charge in [-0.3, -0.25) is 4.98 Å². The first-order chi connectivity index (χ1) is 15.4. The number of nitrogens with zero attached hydrogens (tertiary/aromatic N) is 7. The minimum atomic E-state index is -1.75. The van der Waals surface area contributed by atoms with Gasteiger partial charge in [0.15, 0.2) is 0 Å². The molecule has 180 valence electrons. The van der Waals surface area contributed by atoms with Crippen LogP contribution >= 0.6 is 0 Å². The second kappa shape index (κ2) is 17.3. The maximum atomic E-state index is 10.8. The minimum Gasteiger partial charge on any atom is -0.358 e. The number of pyridine rings is 3. The Labute approximate surface area is 218 Å². The van der Waals surface area contributed by atoms with Crippen LogP contribution in [0.2, 0.25) is 0 Å². The van der Waals surface area contributed by atoms with Crippen molar-refractivity contribution in [1.82, 2.24) is 15.0 Å². The van der Waals surface area contributed by atoms with Gasteiger partial charge in [0.2, 0.25) is 5.69 Å². The second-order valence-electron chi connectivity index (χ2n) is 4.93. The van der Waals surface area contributed by atoms with Crippen molar-refractivity contribution in [2.45, 2.75) is 0 Å². The first kappa shape index (κ1) is 31.9. The third-order valence-corrected chi connectivity index (χ3v) is 2.86. The van der Waals surface area contributed by atoms with Crippen molar-refractivity contribution in [2.24, 2.45) is 0 Å².